The van der Waals surface area contributed by atoms with E-state index in [4.69, 9.17) is 0 Å². The molecule has 8 atom stereocenters. The third-order valence-corrected chi connectivity index (χ3v) is 9.09. The number of Topliss-reactive ketones (excluding diaryl/α,β-unsaturated/α-hetero) is 2. The first-order valence-electron chi connectivity index (χ1n) is 9.55. The van der Waals surface area contributed by atoms with Gasteiger partial charge in [-0.05, 0) is 66.9 Å². The molecule has 134 valence electrons. The van der Waals surface area contributed by atoms with E-state index in [0.717, 1.165) is 36.8 Å². The Kier molecular flexibility index (Phi) is 3.05. The summed E-state index contributed by atoms with van der Waals surface area (Å²) in [5, 5.41) is 0. The summed E-state index contributed by atoms with van der Waals surface area (Å²) >= 11 is 4.61. The Morgan fingerprint density at radius 3 is 2.60 bits per heavy atom. The van der Waals surface area contributed by atoms with Gasteiger partial charge in [0.25, 0.3) is 0 Å². The van der Waals surface area contributed by atoms with Gasteiger partial charge in [0.2, 0.25) is 0 Å². The largest absolute Gasteiger partial charge is 0.296 e. The fraction of sp³-hybridized carbons (Fsp3) is 0.714. The molecule has 0 aromatic heterocycles. The number of halogens is 1. The molecule has 4 saturated carbocycles. The van der Waals surface area contributed by atoms with Crippen LogP contribution in [-0.4, -0.2) is 17.7 Å². The molecule has 4 heteroatoms. The molecule has 4 fully saturated rings. The van der Waals surface area contributed by atoms with Crippen molar-refractivity contribution in [1.29, 1.82) is 0 Å². The highest BCUT2D eigenvalue weighted by Gasteiger charge is 2.68. The highest BCUT2D eigenvalue weighted by molar-refractivity contribution is 7.85. The fourth-order valence-corrected chi connectivity index (χ4v) is 7.91. The van der Waals surface area contributed by atoms with Crippen molar-refractivity contribution in [3.8, 4) is 0 Å². The van der Waals surface area contributed by atoms with Gasteiger partial charge >= 0.3 is 0 Å². The molecule has 5 rings (SSSR count). The number of rotatable bonds is 0. The molecule has 5 aliphatic carbocycles. The van der Waals surface area contributed by atoms with Crippen molar-refractivity contribution in [2.24, 2.45) is 40.4 Å². The molecule has 0 N–H and O–H groups in total. The third-order valence-electron chi connectivity index (χ3n) is 8.65. The minimum absolute atomic E-state index is 0.0750. The molecule has 0 aliphatic heterocycles. The molecule has 0 amide bonds. The van der Waals surface area contributed by atoms with E-state index < -0.39 is 11.6 Å². The Morgan fingerprint density at radius 2 is 1.88 bits per heavy atom. The minimum atomic E-state index is -1.30. The van der Waals surface area contributed by atoms with Crippen molar-refractivity contribution < 1.29 is 14.0 Å². The van der Waals surface area contributed by atoms with Crippen molar-refractivity contribution in [2.75, 3.05) is 0 Å². The Morgan fingerprint density at radius 1 is 1.16 bits per heavy atom. The number of hydrogen-bond donors (Lipinski definition) is 1. The summed E-state index contributed by atoms with van der Waals surface area (Å²) in [6.07, 6.45) is 2.53. The van der Waals surface area contributed by atoms with Crippen molar-refractivity contribution in [3.63, 3.8) is 0 Å². The second-order valence-corrected chi connectivity index (χ2v) is 9.97. The van der Waals surface area contributed by atoms with Crippen molar-refractivity contribution >= 4 is 24.2 Å². The molecule has 0 radical (unpaired) electrons. The van der Waals surface area contributed by atoms with E-state index in [9.17, 15) is 14.0 Å². The zero-order valence-corrected chi connectivity index (χ0v) is 15.7. The van der Waals surface area contributed by atoms with Gasteiger partial charge in [-0.15, -0.1) is 12.6 Å². The molecule has 0 heterocycles. The highest BCUT2D eigenvalue weighted by atomic mass is 32.1. The number of hydrogen-bond acceptors (Lipinski definition) is 3. The highest BCUT2D eigenvalue weighted by Crippen LogP contribution is 2.72. The van der Waals surface area contributed by atoms with Crippen LogP contribution in [0.1, 0.15) is 46.0 Å². The number of thiol groups is 1. The van der Waals surface area contributed by atoms with Gasteiger partial charge in [-0.25, -0.2) is 4.39 Å². The first-order chi connectivity index (χ1) is 11.7. The van der Waals surface area contributed by atoms with Gasteiger partial charge in [0.15, 0.2) is 17.7 Å². The second kappa shape index (κ2) is 4.68. The van der Waals surface area contributed by atoms with Gasteiger partial charge < -0.3 is 0 Å². The average Bonchev–Trinajstić information content (AvgIpc) is 3.32. The van der Waals surface area contributed by atoms with Gasteiger partial charge in [0.05, 0.1) is 4.91 Å². The molecule has 0 saturated heterocycles. The van der Waals surface area contributed by atoms with Crippen molar-refractivity contribution in [2.45, 2.75) is 52.1 Å². The predicted octanol–water partition coefficient (Wildman–Crippen LogP) is 4.31. The number of carbonyl (C=O) groups is 2. The molecule has 25 heavy (non-hydrogen) atoms. The molecular weight excluding hydrogens is 335 g/mol. The van der Waals surface area contributed by atoms with E-state index in [0.29, 0.717) is 29.1 Å². The summed E-state index contributed by atoms with van der Waals surface area (Å²) in [4.78, 5) is 25.6. The topological polar surface area (TPSA) is 34.1 Å². The van der Waals surface area contributed by atoms with E-state index in [-0.39, 0.29) is 28.8 Å². The number of fused-ring (bicyclic) bond motifs is 7. The van der Waals surface area contributed by atoms with E-state index in [1.807, 2.05) is 6.92 Å². The molecule has 0 bridgehead atoms. The summed E-state index contributed by atoms with van der Waals surface area (Å²) in [5.41, 5.74) is 1.52. The van der Waals surface area contributed by atoms with Crippen LogP contribution < -0.4 is 0 Å². The molecular formula is C21H25FO2S. The Balaban J connectivity index is 1.62. The number of allylic oxidation sites excluding steroid dienone is 2. The summed E-state index contributed by atoms with van der Waals surface area (Å²) in [5.74, 6) is 1.36. The summed E-state index contributed by atoms with van der Waals surface area (Å²) in [6.45, 7) is 8.59. The minimum Gasteiger partial charge on any atom is -0.296 e. The summed E-state index contributed by atoms with van der Waals surface area (Å²) in [7, 11) is 0. The van der Waals surface area contributed by atoms with Crippen LogP contribution in [0.3, 0.4) is 0 Å². The number of carbonyl (C=O) groups excluding carboxylic acids is 2. The fourth-order valence-electron chi connectivity index (χ4n) is 7.35. The number of alkyl halides is 1. The normalized spacial score (nSPS) is 54.0. The van der Waals surface area contributed by atoms with Crippen molar-refractivity contribution in [3.05, 3.63) is 22.6 Å². The maximum atomic E-state index is 14.3. The summed E-state index contributed by atoms with van der Waals surface area (Å²) in [6, 6.07) is 0. The van der Waals surface area contributed by atoms with Crippen LogP contribution >= 0.6 is 12.6 Å². The zero-order valence-electron chi connectivity index (χ0n) is 14.8. The van der Waals surface area contributed by atoms with E-state index in [1.165, 1.54) is 0 Å². The standard InChI is InChI=1S/C21H25FO2S/c1-9-6-10-12(4-5-20(2)13(10)8-15(22)19(20)24)21(3)14-7-11(14)17(23)18(25)16(9)21/h10-15,25H,1,4-8H2,2-3H3/t10-,11+,12+,13+,14?,15+,20+,21+/m1/s1. The van der Waals surface area contributed by atoms with Gasteiger partial charge in [-0.1, -0.05) is 20.4 Å². The molecule has 5 aliphatic rings. The van der Waals surface area contributed by atoms with E-state index >= 15 is 0 Å². The molecule has 0 aromatic rings. The quantitative estimate of drug-likeness (QED) is 0.653. The lowest BCUT2D eigenvalue weighted by molar-refractivity contribution is -0.134. The molecule has 0 aromatic carbocycles. The van der Waals surface area contributed by atoms with Crippen LogP contribution in [-0.2, 0) is 9.59 Å². The number of ketones is 2. The average molecular weight is 360 g/mol. The van der Waals surface area contributed by atoms with Crippen LogP contribution in [0.25, 0.3) is 0 Å². The van der Waals surface area contributed by atoms with Crippen LogP contribution in [0.4, 0.5) is 4.39 Å². The lowest BCUT2D eigenvalue weighted by Gasteiger charge is -2.57. The second-order valence-electron chi connectivity index (χ2n) is 9.53. The molecule has 2 nitrogen and oxygen atoms in total. The Hall–Kier alpha value is -0.900. The van der Waals surface area contributed by atoms with E-state index in [2.05, 4.69) is 26.1 Å². The van der Waals surface area contributed by atoms with Crippen LogP contribution in [0.5, 0.6) is 0 Å². The zero-order chi connectivity index (χ0) is 17.9. The summed E-state index contributed by atoms with van der Waals surface area (Å²) < 4.78 is 14.3. The van der Waals surface area contributed by atoms with E-state index in [1.54, 1.807) is 0 Å². The first-order valence-corrected chi connectivity index (χ1v) is 10.0. The van der Waals surface area contributed by atoms with Gasteiger partial charge in [-0.3, -0.25) is 9.59 Å². The SMILES string of the molecule is C=C1C[C@H]2[C@@H]3C[C@H](F)C(=O)[C@@]3(C)CC[C@@H]2[C@]2(C)C1=C(S)C(=O)[C@H]1CC12. The van der Waals surface area contributed by atoms with Gasteiger partial charge in [0, 0.05) is 16.7 Å². The molecule has 1 unspecified atom stereocenters. The maximum Gasteiger partial charge on any atom is 0.173 e. The monoisotopic (exact) mass is 360 g/mol. The third kappa shape index (κ3) is 1.73. The predicted molar refractivity (Wildman–Crippen MR) is 96.8 cm³/mol. The maximum absolute atomic E-state index is 14.3. The first kappa shape index (κ1) is 16.3. The Labute approximate surface area is 153 Å². The Bertz CT molecular complexity index is 770. The lowest BCUT2D eigenvalue weighted by atomic mass is 9.46. The van der Waals surface area contributed by atoms with Crippen LogP contribution in [0.15, 0.2) is 22.6 Å². The van der Waals surface area contributed by atoms with Gasteiger partial charge in [0.1, 0.15) is 0 Å². The van der Waals surface area contributed by atoms with Crippen LogP contribution in [0, 0.1) is 40.4 Å². The lowest BCUT2D eigenvalue weighted by Crippen LogP contribution is -2.52. The van der Waals surface area contributed by atoms with Crippen molar-refractivity contribution in [1.82, 2.24) is 0 Å². The van der Waals surface area contributed by atoms with Gasteiger partial charge in [-0.2, -0.15) is 0 Å². The van der Waals surface area contributed by atoms with Crippen LogP contribution in [0.2, 0.25) is 0 Å². The molecule has 0 spiro atoms. The smallest absolute Gasteiger partial charge is 0.173 e.